The number of nitrogens with two attached hydrogens (primary N) is 1. The molecular formula is C13H13N3O2S2. The number of aryl methyl sites for hydroxylation is 1. The first-order valence-electron chi connectivity index (χ1n) is 5.73. The van der Waals surface area contributed by atoms with Gasteiger partial charge in [-0.1, -0.05) is 18.3 Å². The lowest BCUT2D eigenvalue weighted by Gasteiger charge is -2.13. The highest BCUT2D eigenvalue weighted by atomic mass is 32.1. The maximum atomic E-state index is 12.2. The molecule has 0 atom stereocenters. The van der Waals surface area contributed by atoms with E-state index in [9.17, 15) is 4.79 Å². The highest BCUT2D eigenvalue weighted by Crippen LogP contribution is 2.29. The van der Waals surface area contributed by atoms with Crippen LogP contribution in [0.1, 0.15) is 21.1 Å². The zero-order chi connectivity index (χ0) is 14.7. The van der Waals surface area contributed by atoms with E-state index in [1.165, 1.54) is 18.4 Å². The van der Waals surface area contributed by atoms with Gasteiger partial charge in [0, 0.05) is 10.9 Å². The molecule has 0 radical (unpaired) electrons. The smallest absolute Gasteiger partial charge is 0.275 e. The average Bonchev–Trinajstić information content (AvgIpc) is 2.85. The third-order valence-corrected chi connectivity index (χ3v) is 3.60. The Morgan fingerprint density at radius 3 is 2.80 bits per heavy atom. The molecule has 0 aliphatic heterocycles. The lowest BCUT2D eigenvalue weighted by atomic mass is 10.1. The topological polar surface area (TPSA) is 77.2 Å². The summed E-state index contributed by atoms with van der Waals surface area (Å²) in [6.07, 6.45) is 0. The van der Waals surface area contributed by atoms with E-state index >= 15 is 0 Å². The van der Waals surface area contributed by atoms with Crippen LogP contribution in [0.5, 0.6) is 5.75 Å². The van der Waals surface area contributed by atoms with E-state index in [2.05, 4.69) is 10.3 Å². The molecule has 7 heteroatoms. The molecule has 3 N–H and O–H groups in total. The third kappa shape index (κ3) is 2.94. The number of methoxy groups -OCH3 is 1. The van der Waals surface area contributed by atoms with Gasteiger partial charge >= 0.3 is 0 Å². The van der Waals surface area contributed by atoms with Gasteiger partial charge in [-0.15, -0.1) is 11.3 Å². The fourth-order valence-electron chi connectivity index (χ4n) is 1.68. The van der Waals surface area contributed by atoms with Gasteiger partial charge in [0.25, 0.3) is 5.91 Å². The van der Waals surface area contributed by atoms with Crippen LogP contribution in [0.3, 0.4) is 0 Å². The third-order valence-electron chi connectivity index (χ3n) is 2.60. The molecule has 1 aromatic carbocycles. The number of nitrogens with zero attached hydrogens (tertiary/aromatic N) is 1. The summed E-state index contributed by atoms with van der Waals surface area (Å²) in [7, 11) is 1.52. The molecule has 2 rings (SSSR count). The minimum Gasteiger partial charge on any atom is -0.495 e. The Labute approximate surface area is 125 Å². The Morgan fingerprint density at radius 1 is 1.50 bits per heavy atom. The molecule has 0 aliphatic rings. The number of carbonyl (C=O) groups excluding carboxylic acids is 1. The SMILES string of the molecule is COc1cccc(C(N)=S)c1NC(=O)c1csc(C)n1. The number of benzene rings is 1. The van der Waals surface area contributed by atoms with Crippen molar-refractivity contribution in [2.75, 3.05) is 12.4 Å². The van der Waals surface area contributed by atoms with Crippen molar-refractivity contribution in [3.05, 3.63) is 39.8 Å². The molecule has 1 heterocycles. The minimum absolute atomic E-state index is 0.189. The number of thiocarbonyl (C=S) groups is 1. The van der Waals surface area contributed by atoms with E-state index in [4.69, 9.17) is 22.7 Å². The van der Waals surface area contributed by atoms with Crippen molar-refractivity contribution in [1.29, 1.82) is 0 Å². The second kappa shape index (κ2) is 5.98. The Balaban J connectivity index is 2.37. The predicted molar refractivity (Wildman–Crippen MR) is 83.7 cm³/mol. The summed E-state index contributed by atoms with van der Waals surface area (Å²) >= 11 is 6.40. The number of hydrogen-bond acceptors (Lipinski definition) is 5. The van der Waals surface area contributed by atoms with Crippen molar-refractivity contribution in [3.63, 3.8) is 0 Å². The Kier molecular flexibility index (Phi) is 4.31. The molecule has 0 fully saturated rings. The molecule has 0 saturated heterocycles. The summed E-state index contributed by atoms with van der Waals surface area (Å²) in [6, 6.07) is 5.21. The normalized spacial score (nSPS) is 10.1. The largest absolute Gasteiger partial charge is 0.495 e. The first-order chi connectivity index (χ1) is 9.52. The minimum atomic E-state index is -0.323. The van der Waals surface area contributed by atoms with Crippen LogP contribution in [0.15, 0.2) is 23.6 Å². The number of ether oxygens (including phenoxy) is 1. The predicted octanol–water partition coefficient (Wildman–Crippen LogP) is 2.35. The van der Waals surface area contributed by atoms with Gasteiger partial charge in [-0.25, -0.2) is 4.98 Å². The second-order valence-corrected chi connectivity index (χ2v) is 5.46. The van der Waals surface area contributed by atoms with Crippen molar-refractivity contribution < 1.29 is 9.53 Å². The molecule has 0 unspecified atom stereocenters. The molecule has 0 bridgehead atoms. The molecule has 1 aromatic heterocycles. The Morgan fingerprint density at radius 2 is 2.25 bits per heavy atom. The number of anilines is 1. The number of para-hydroxylation sites is 1. The number of rotatable bonds is 4. The number of nitrogens with one attached hydrogen (secondary N) is 1. The van der Waals surface area contributed by atoms with Crippen molar-refractivity contribution >= 4 is 40.1 Å². The molecule has 0 aliphatic carbocycles. The summed E-state index contributed by atoms with van der Waals surface area (Å²) in [5, 5.41) is 5.27. The quantitative estimate of drug-likeness (QED) is 0.848. The van der Waals surface area contributed by atoms with E-state index < -0.39 is 0 Å². The van der Waals surface area contributed by atoms with E-state index in [-0.39, 0.29) is 10.9 Å². The maximum absolute atomic E-state index is 12.2. The van der Waals surface area contributed by atoms with Crippen LogP contribution in [0.25, 0.3) is 0 Å². The van der Waals surface area contributed by atoms with Gasteiger partial charge in [0.1, 0.15) is 16.4 Å². The lowest BCUT2D eigenvalue weighted by molar-refractivity contribution is 0.102. The van der Waals surface area contributed by atoms with Crippen LogP contribution in [-0.4, -0.2) is 23.0 Å². The van der Waals surface area contributed by atoms with Gasteiger partial charge < -0.3 is 15.8 Å². The number of hydrogen-bond donors (Lipinski definition) is 2. The van der Waals surface area contributed by atoms with Crippen LogP contribution in [0, 0.1) is 6.92 Å². The van der Waals surface area contributed by atoms with Crippen molar-refractivity contribution in [2.45, 2.75) is 6.92 Å². The molecular weight excluding hydrogens is 294 g/mol. The van der Waals surface area contributed by atoms with Crippen LogP contribution >= 0.6 is 23.6 Å². The molecule has 5 nitrogen and oxygen atoms in total. The van der Waals surface area contributed by atoms with Gasteiger partial charge in [-0.05, 0) is 19.1 Å². The fourth-order valence-corrected chi connectivity index (χ4v) is 2.44. The number of thiazole rings is 1. The molecule has 104 valence electrons. The van der Waals surface area contributed by atoms with E-state index in [0.717, 1.165) is 5.01 Å². The monoisotopic (exact) mass is 307 g/mol. The molecule has 0 saturated carbocycles. The van der Waals surface area contributed by atoms with E-state index in [0.29, 0.717) is 22.7 Å². The Hall–Kier alpha value is -1.99. The van der Waals surface area contributed by atoms with E-state index in [1.54, 1.807) is 23.6 Å². The van der Waals surface area contributed by atoms with E-state index in [1.807, 2.05) is 6.92 Å². The van der Waals surface area contributed by atoms with Crippen molar-refractivity contribution in [1.82, 2.24) is 4.98 Å². The van der Waals surface area contributed by atoms with Crippen LogP contribution in [0.4, 0.5) is 5.69 Å². The zero-order valence-corrected chi connectivity index (χ0v) is 12.6. The standard InChI is InChI=1S/C13H13N3O2S2/c1-7-15-9(6-20-7)13(17)16-11-8(12(14)19)4-3-5-10(11)18-2/h3-6H,1-2H3,(H2,14,19)(H,16,17). The van der Waals surface area contributed by atoms with Gasteiger partial charge in [-0.2, -0.15) is 0 Å². The molecule has 0 spiro atoms. The fraction of sp³-hybridized carbons (Fsp3) is 0.154. The summed E-state index contributed by atoms with van der Waals surface area (Å²) in [5.74, 6) is 0.173. The van der Waals surface area contributed by atoms with Gasteiger partial charge in [0.2, 0.25) is 0 Å². The van der Waals surface area contributed by atoms with Gasteiger partial charge in [0.05, 0.1) is 17.8 Å². The zero-order valence-electron chi connectivity index (χ0n) is 11.0. The summed E-state index contributed by atoms with van der Waals surface area (Å²) in [6.45, 7) is 1.84. The van der Waals surface area contributed by atoms with Crippen LogP contribution < -0.4 is 15.8 Å². The highest BCUT2D eigenvalue weighted by molar-refractivity contribution is 7.80. The molecule has 2 aromatic rings. The van der Waals surface area contributed by atoms with Crippen molar-refractivity contribution in [2.24, 2.45) is 5.73 Å². The first-order valence-corrected chi connectivity index (χ1v) is 7.02. The highest BCUT2D eigenvalue weighted by Gasteiger charge is 2.16. The van der Waals surface area contributed by atoms with Crippen molar-refractivity contribution in [3.8, 4) is 5.75 Å². The van der Waals surface area contributed by atoms with Gasteiger partial charge in [-0.3, -0.25) is 4.79 Å². The maximum Gasteiger partial charge on any atom is 0.275 e. The number of aromatic nitrogens is 1. The molecule has 20 heavy (non-hydrogen) atoms. The second-order valence-electron chi connectivity index (χ2n) is 3.95. The molecule has 1 amide bonds. The average molecular weight is 307 g/mol. The van der Waals surface area contributed by atoms with Crippen LogP contribution in [0.2, 0.25) is 0 Å². The summed E-state index contributed by atoms with van der Waals surface area (Å²) in [5.41, 5.74) is 7.03. The summed E-state index contributed by atoms with van der Waals surface area (Å²) in [4.78, 5) is 16.5. The van der Waals surface area contributed by atoms with Gasteiger partial charge in [0.15, 0.2) is 0 Å². The Bertz CT molecular complexity index is 667. The van der Waals surface area contributed by atoms with Crippen LogP contribution in [-0.2, 0) is 0 Å². The first kappa shape index (κ1) is 14.4. The lowest BCUT2D eigenvalue weighted by Crippen LogP contribution is -2.18. The summed E-state index contributed by atoms with van der Waals surface area (Å²) < 4.78 is 5.23. The number of amides is 1. The number of carbonyl (C=O) groups is 1.